The maximum absolute atomic E-state index is 12.6. The van der Waals surface area contributed by atoms with Crippen LogP contribution in [0.25, 0.3) is 16.7 Å². The summed E-state index contributed by atoms with van der Waals surface area (Å²) in [5.41, 5.74) is 4.26. The van der Waals surface area contributed by atoms with E-state index in [0.717, 1.165) is 38.1 Å². The molecule has 0 radical (unpaired) electrons. The van der Waals surface area contributed by atoms with E-state index in [1.807, 2.05) is 57.2 Å². The zero-order valence-electron chi connectivity index (χ0n) is 17.1. The molecule has 4 aromatic rings. The Hall–Kier alpha value is -3.20. The lowest BCUT2D eigenvalue weighted by Crippen LogP contribution is -2.22. The first kappa shape index (κ1) is 20.1. The van der Waals surface area contributed by atoms with Gasteiger partial charge in [-0.3, -0.25) is 4.79 Å². The molecule has 30 heavy (non-hydrogen) atoms. The molecule has 8 nitrogen and oxygen atoms in total. The minimum absolute atomic E-state index is 0.178. The van der Waals surface area contributed by atoms with E-state index in [9.17, 15) is 4.79 Å². The van der Waals surface area contributed by atoms with Gasteiger partial charge in [0.2, 0.25) is 5.88 Å². The number of halogens is 1. The van der Waals surface area contributed by atoms with Gasteiger partial charge in [-0.2, -0.15) is 5.10 Å². The number of hydrogen-bond acceptors (Lipinski definition) is 5. The number of ether oxygens (including phenoxy) is 1. The molecule has 3 heterocycles. The molecule has 0 saturated heterocycles. The Balaban J connectivity index is 1.53. The highest BCUT2D eigenvalue weighted by molar-refractivity contribution is 9.10. The summed E-state index contributed by atoms with van der Waals surface area (Å²) in [6.07, 6.45) is 0. The van der Waals surface area contributed by atoms with Crippen molar-refractivity contribution < 1.29 is 9.53 Å². The highest BCUT2D eigenvalue weighted by atomic mass is 79.9. The highest BCUT2D eigenvalue weighted by Crippen LogP contribution is 2.27. The number of nitrogens with zero attached hydrogens (tertiary/aromatic N) is 5. The Morgan fingerprint density at radius 1 is 1.13 bits per heavy atom. The van der Waals surface area contributed by atoms with Crippen LogP contribution in [0.1, 0.15) is 17.0 Å². The van der Waals surface area contributed by atoms with Gasteiger partial charge < -0.3 is 10.1 Å². The number of hydrogen-bond donors (Lipinski definition) is 1. The van der Waals surface area contributed by atoms with Crippen LogP contribution in [0.2, 0.25) is 0 Å². The van der Waals surface area contributed by atoms with Crippen molar-refractivity contribution in [3.05, 3.63) is 57.8 Å². The SMILES string of the molecule is Cc1cc(C)c2c(OCC(=O)Nc3cc(C)nn3-c3cccc(Br)c3)nn(C)c2n1. The van der Waals surface area contributed by atoms with Crippen molar-refractivity contribution in [1.29, 1.82) is 0 Å². The fourth-order valence-electron chi connectivity index (χ4n) is 3.36. The van der Waals surface area contributed by atoms with E-state index in [0.29, 0.717) is 11.7 Å². The van der Waals surface area contributed by atoms with Gasteiger partial charge in [0.15, 0.2) is 12.3 Å². The normalized spacial score (nSPS) is 11.1. The van der Waals surface area contributed by atoms with Crippen molar-refractivity contribution in [3.8, 4) is 11.6 Å². The third kappa shape index (κ3) is 3.93. The van der Waals surface area contributed by atoms with Gasteiger partial charge in [-0.1, -0.05) is 22.0 Å². The van der Waals surface area contributed by atoms with Gasteiger partial charge in [0, 0.05) is 23.3 Å². The average Bonchev–Trinajstić information content (AvgIpc) is 3.20. The number of carbonyl (C=O) groups is 1. The van der Waals surface area contributed by atoms with Gasteiger partial charge in [0.25, 0.3) is 5.91 Å². The Morgan fingerprint density at radius 3 is 2.70 bits per heavy atom. The number of aryl methyl sites for hydroxylation is 4. The third-order valence-electron chi connectivity index (χ3n) is 4.58. The first-order valence-corrected chi connectivity index (χ1v) is 10.2. The predicted octanol–water partition coefficient (Wildman–Crippen LogP) is 3.86. The predicted molar refractivity (Wildman–Crippen MR) is 118 cm³/mol. The van der Waals surface area contributed by atoms with Crippen LogP contribution in [0.3, 0.4) is 0 Å². The lowest BCUT2D eigenvalue weighted by Gasteiger charge is -2.10. The molecule has 0 unspecified atom stereocenters. The van der Waals surface area contributed by atoms with Crippen molar-refractivity contribution in [2.45, 2.75) is 20.8 Å². The van der Waals surface area contributed by atoms with Crippen molar-refractivity contribution in [3.63, 3.8) is 0 Å². The number of amides is 1. The summed E-state index contributed by atoms with van der Waals surface area (Å²) in [7, 11) is 1.81. The molecule has 0 aliphatic rings. The smallest absolute Gasteiger partial charge is 0.263 e. The number of benzene rings is 1. The highest BCUT2D eigenvalue weighted by Gasteiger charge is 2.17. The lowest BCUT2D eigenvalue weighted by molar-refractivity contribution is -0.118. The van der Waals surface area contributed by atoms with E-state index < -0.39 is 0 Å². The molecule has 1 N–H and O–H groups in total. The topological polar surface area (TPSA) is 86.9 Å². The van der Waals surface area contributed by atoms with E-state index in [4.69, 9.17) is 4.74 Å². The summed E-state index contributed by atoms with van der Waals surface area (Å²) < 4.78 is 10.0. The summed E-state index contributed by atoms with van der Waals surface area (Å²) in [6.45, 7) is 5.61. The summed E-state index contributed by atoms with van der Waals surface area (Å²) in [5, 5.41) is 12.5. The zero-order chi connectivity index (χ0) is 21.4. The standard InChI is InChI=1S/C21H21BrN6O2/c1-12-8-13(2)23-20-19(12)21(26-27(20)4)30-11-18(29)24-17-9-14(3)25-28(17)16-7-5-6-15(22)10-16/h5-10H,11H2,1-4H3,(H,24,29). The fraction of sp³-hybridized carbons (Fsp3) is 0.238. The van der Waals surface area contributed by atoms with Crippen LogP contribution in [0.4, 0.5) is 5.82 Å². The van der Waals surface area contributed by atoms with Gasteiger partial charge in [-0.15, -0.1) is 5.10 Å². The lowest BCUT2D eigenvalue weighted by atomic mass is 10.2. The molecule has 4 rings (SSSR count). The average molecular weight is 469 g/mol. The van der Waals surface area contributed by atoms with Gasteiger partial charge >= 0.3 is 0 Å². The van der Waals surface area contributed by atoms with Gasteiger partial charge in [0.1, 0.15) is 5.82 Å². The molecule has 0 aliphatic heterocycles. The van der Waals surface area contributed by atoms with E-state index in [-0.39, 0.29) is 12.5 Å². The van der Waals surface area contributed by atoms with Crippen LogP contribution < -0.4 is 10.1 Å². The summed E-state index contributed by atoms with van der Waals surface area (Å²) in [6, 6.07) is 11.5. The Labute approximate surface area is 182 Å². The van der Waals surface area contributed by atoms with Crippen LogP contribution in [0, 0.1) is 20.8 Å². The Bertz CT molecular complexity index is 1260. The molecule has 0 bridgehead atoms. The van der Waals surface area contributed by atoms with Crippen LogP contribution in [0.15, 0.2) is 40.9 Å². The monoisotopic (exact) mass is 468 g/mol. The molecule has 1 aromatic carbocycles. The Kier molecular flexibility index (Phi) is 5.29. The minimum Gasteiger partial charge on any atom is -0.466 e. The van der Waals surface area contributed by atoms with E-state index in [1.54, 1.807) is 16.4 Å². The number of aromatic nitrogens is 5. The molecule has 0 aliphatic carbocycles. The summed E-state index contributed by atoms with van der Waals surface area (Å²) in [5.74, 6) is 0.658. The molecule has 1 amide bonds. The quantitative estimate of drug-likeness (QED) is 0.480. The number of rotatable bonds is 5. The summed E-state index contributed by atoms with van der Waals surface area (Å²) >= 11 is 3.46. The molecular weight excluding hydrogens is 448 g/mol. The number of pyridine rings is 1. The number of carbonyl (C=O) groups excluding carboxylic acids is 1. The summed E-state index contributed by atoms with van der Waals surface area (Å²) in [4.78, 5) is 17.1. The molecule has 3 aromatic heterocycles. The number of anilines is 1. The second-order valence-electron chi connectivity index (χ2n) is 7.11. The maximum Gasteiger partial charge on any atom is 0.263 e. The van der Waals surface area contributed by atoms with E-state index >= 15 is 0 Å². The van der Waals surface area contributed by atoms with Gasteiger partial charge in [0.05, 0.1) is 16.8 Å². The van der Waals surface area contributed by atoms with Crippen molar-refractivity contribution in [2.75, 3.05) is 11.9 Å². The van der Waals surface area contributed by atoms with Crippen LogP contribution in [-0.4, -0.2) is 37.1 Å². The number of nitrogens with one attached hydrogen (secondary N) is 1. The molecular formula is C21H21BrN6O2. The second kappa shape index (κ2) is 7.91. The largest absolute Gasteiger partial charge is 0.466 e. The molecule has 154 valence electrons. The fourth-order valence-corrected chi connectivity index (χ4v) is 3.74. The maximum atomic E-state index is 12.6. The first-order chi connectivity index (χ1) is 14.3. The molecule has 0 saturated carbocycles. The van der Waals surface area contributed by atoms with Crippen LogP contribution >= 0.6 is 15.9 Å². The third-order valence-corrected chi connectivity index (χ3v) is 5.07. The number of fused-ring (bicyclic) bond motifs is 1. The van der Waals surface area contributed by atoms with Gasteiger partial charge in [-0.25, -0.2) is 14.3 Å². The minimum atomic E-state index is -0.303. The van der Waals surface area contributed by atoms with Crippen molar-refractivity contribution in [2.24, 2.45) is 7.05 Å². The molecule has 0 spiro atoms. The molecule has 0 atom stereocenters. The van der Waals surface area contributed by atoms with E-state index in [1.165, 1.54) is 0 Å². The van der Waals surface area contributed by atoms with Crippen molar-refractivity contribution >= 4 is 38.7 Å². The molecule has 9 heteroatoms. The van der Waals surface area contributed by atoms with Gasteiger partial charge in [-0.05, 0) is 50.6 Å². The van der Waals surface area contributed by atoms with Crippen LogP contribution in [0.5, 0.6) is 5.88 Å². The Morgan fingerprint density at radius 2 is 1.93 bits per heavy atom. The van der Waals surface area contributed by atoms with E-state index in [2.05, 4.69) is 36.4 Å². The molecule has 0 fully saturated rings. The zero-order valence-corrected chi connectivity index (χ0v) is 18.7. The van der Waals surface area contributed by atoms with Crippen LogP contribution in [-0.2, 0) is 11.8 Å². The second-order valence-corrected chi connectivity index (χ2v) is 8.02. The van der Waals surface area contributed by atoms with Crippen molar-refractivity contribution in [1.82, 2.24) is 24.5 Å². The first-order valence-electron chi connectivity index (χ1n) is 9.38.